The lowest BCUT2D eigenvalue weighted by molar-refractivity contribution is 0.0705. The van der Waals surface area contributed by atoms with Crippen LogP contribution in [0, 0.1) is 6.92 Å². The zero-order chi connectivity index (χ0) is 15.5. The SMILES string of the molecule is CCCN(C(=O)c1ccc(C)c(S(N)(=O)=O)c1)C(C)C. The van der Waals surface area contributed by atoms with Crippen molar-refractivity contribution in [3.8, 4) is 0 Å². The fourth-order valence-corrected chi connectivity index (χ4v) is 2.85. The van der Waals surface area contributed by atoms with Gasteiger partial charge in [-0.1, -0.05) is 13.0 Å². The summed E-state index contributed by atoms with van der Waals surface area (Å²) in [5, 5.41) is 5.17. The van der Waals surface area contributed by atoms with E-state index < -0.39 is 10.0 Å². The van der Waals surface area contributed by atoms with Crippen molar-refractivity contribution in [3.05, 3.63) is 29.3 Å². The normalized spacial score (nSPS) is 11.7. The van der Waals surface area contributed by atoms with E-state index in [0.717, 1.165) is 6.42 Å². The molecule has 0 unspecified atom stereocenters. The minimum absolute atomic E-state index is 0.00329. The summed E-state index contributed by atoms with van der Waals surface area (Å²) in [5.41, 5.74) is 0.886. The van der Waals surface area contributed by atoms with Crippen molar-refractivity contribution in [3.63, 3.8) is 0 Å². The molecule has 1 rings (SSSR count). The molecule has 0 fully saturated rings. The molecule has 5 nitrogen and oxygen atoms in total. The molecule has 0 bridgehead atoms. The van der Waals surface area contributed by atoms with E-state index >= 15 is 0 Å². The van der Waals surface area contributed by atoms with E-state index in [2.05, 4.69) is 0 Å². The molecule has 1 aromatic carbocycles. The number of rotatable bonds is 5. The van der Waals surface area contributed by atoms with Gasteiger partial charge in [0, 0.05) is 18.2 Å². The molecule has 1 amide bonds. The first-order valence-corrected chi connectivity index (χ1v) is 8.17. The predicted molar refractivity (Wildman–Crippen MR) is 79.0 cm³/mol. The van der Waals surface area contributed by atoms with Gasteiger partial charge in [-0.3, -0.25) is 4.79 Å². The maximum absolute atomic E-state index is 12.5. The zero-order valence-electron chi connectivity index (χ0n) is 12.4. The second-order valence-corrected chi connectivity index (χ2v) is 6.65. The van der Waals surface area contributed by atoms with Crippen LogP contribution in [0.2, 0.25) is 0 Å². The van der Waals surface area contributed by atoms with Crippen molar-refractivity contribution < 1.29 is 13.2 Å². The van der Waals surface area contributed by atoms with Crippen molar-refractivity contribution in [2.24, 2.45) is 5.14 Å². The van der Waals surface area contributed by atoms with Gasteiger partial charge >= 0.3 is 0 Å². The van der Waals surface area contributed by atoms with Crippen molar-refractivity contribution in [2.75, 3.05) is 6.54 Å². The number of hydrogen-bond donors (Lipinski definition) is 1. The van der Waals surface area contributed by atoms with Crippen molar-refractivity contribution >= 4 is 15.9 Å². The van der Waals surface area contributed by atoms with Crippen molar-refractivity contribution in [1.82, 2.24) is 4.90 Å². The minimum Gasteiger partial charge on any atom is -0.336 e. The maximum atomic E-state index is 12.5. The highest BCUT2D eigenvalue weighted by atomic mass is 32.2. The largest absolute Gasteiger partial charge is 0.336 e. The van der Waals surface area contributed by atoms with Gasteiger partial charge in [-0.25, -0.2) is 13.6 Å². The van der Waals surface area contributed by atoms with E-state index in [4.69, 9.17) is 5.14 Å². The first-order chi connectivity index (χ1) is 9.18. The van der Waals surface area contributed by atoms with Gasteiger partial charge in [0.05, 0.1) is 4.90 Å². The zero-order valence-corrected chi connectivity index (χ0v) is 13.2. The van der Waals surface area contributed by atoms with E-state index in [-0.39, 0.29) is 16.8 Å². The van der Waals surface area contributed by atoms with E-state index in [1.165, 1.54) is 6.07 Å². The number of aryl methyl sites for hydroxylation is 1. The lowest BCUT2D eigenvalue weighted by Crippen LogP contribution is -2.37. The number of carbonyl (C=O) groups is 1. The molecule has 0 saturated heterocycles. The number of sulfonamides is 1. The smallest absolute Gasteiger partial charge is 0.254 e. The van der Waals surface area contributed by atoms with Gasteiger partial charge in [0.1, 0.15) is 0 Å². The molecular formula is C14H22N2O3S. The summed E-state index contributed by atoms with van der Waals surface area (Å²) in [6.45, 7) is 8.15. The first kappa shape index (κ1) is 16.7. The molecular weight excluding hydrogens is 276 g/mol. The van der Waals surface area contributed by atoms with E-state index in [1.807, 2.05) is 20.8 Å². The molecule has 0 aliphatic heterocycles. The molecule has 112 valence electrons. The summed E-state index contributed by atoms with van der Waals surface area (Å²) in [5.74, 6) is -0.174. The van der Waals surface area contributed by atoms with Crippen LogP contribution in [0.25, 0.3) is 0 Å². The summed E-state index contributed by atoms with van der Waals surface area (Å²) >= 11 is 0. The Balaban J connectivity index is 3.23. The van der Waals surface area contributed by atoms with Crippen LogP contribution in [0.1, 0.15) is 43.1 Å². The van der Waals surface area contributed by atoms with Crippen LogP contribution in [0.5, 0.6) is 0 Å². The monoisotopic (exact) mass is 298 g/mol. The number of nitrogens with zero attached hydrogens (tertiary/aromatic N) is 1. The standard InChI is InChI=1S/C14H22N2O3S/c1-5-8-16(10(2)3)14(17)12-7-6-11(4)13(9-12)20(15,18)19/h6-7,9-10H,5,8H2,1-4H3,(H2,15,18,19). The van der Waals surface area contributed by atoms with Gasteiger partial charge in [0.2, 0.25) is 10.0 Å². The molecule has 6 heteroatoms. The number of carbonyl (C=O) groups excluding carboxylic acids is 1. The lowest BCUT2D eigenvalue weighted by atomic mass is 10.1. The molecule has 0 aromatic heterocycles. The number of benzene rings is 1. The Morgan fingerprint density at radius 3 is 2.40 bits per heavy atom. The van der Waals surface area contributed by atoms with Crippen molar-refractivity contribution in [1.29, 1.82) is 0 Å². The number of primary sulfonamides is 1. The second kappa shape index (κ2) is 6.37. The third kappa shape index (κ3) is 3.80. The summed E-state index contributed by atoms with van der Waals surface area (Å²) in [4.78, 5) is 14.2. The summed E-state index contributed by atoms with van der Waals surface area (Å²) < 4.78 is 23.0. The van der Waals surface area contributed by atoms with Crippen LogP contribution in [0.15, 0.2) is 23.1 Å². The summed E-state index contributed by atoms with van der Waals surface area (Å²) in [6.07, 6.45) is 0.845. The highest BCUT2D eigenvalue weighted by molar-refractivity contribution is 7.89. The molecule has 0 heterocycles. The van der Waals surface area contributed by atoms with Gasteiger partial charge in [-0.05, 0) is 44.9 Å². The summed E-state index contributed by atoms with van der Waals surface area (Å²) in [7, 11) is -3.82. The fourth-order valence-electron chi connectivity index (χ4n) is 2.04. The number of nitrogens with two attached hydrogens (primary N) is 1. The second-order valence-electron chi connectivity index (χ2n) is 5.12. The fraction of sp³-hybridized carbons (Fsp3) is 0.500. The van der Waals surface area contributed by atoms with Crippen LogP contribution < -0.4 is 5.14 Å². The maximum Gasteiger partial charge on any atom is 0.254 e. The highest BCUT2D eigenvalue weighted by Gasteiger charge is 2.20. The van der Waals surface area contributed by atoms with E-state index in [9.17, 15) is 13.2 Å². The Bertz CT molecular complexity index is 594. The predicted octanol–water partition coefficient (Wildman–Crippen LogP) is 1.90. The Labute approximate surface area is 120 Å². The van der Waals surface area contributed by atoms with Crippen LogP contribution >= 0.6 is 0 Å². The average molecular weight is 298 g/mol. The summed E-state index contributed by atoms with van der Waals surface area (Å²) in [6, 6.07) is 4.66. The first-order valence-electron chi connectivity index (χ1n) is 6.63. The quantitative estimate of drug-likeness (QED) is 0.901. The Morgan fingerprint density at radius 2 is 1.95 bits per heavy atom. The third-order valence-corrected chi connectivity index (χ3v) is 4.14. The third-order valence-electron chi connectivity index (χ3n) is 3.09. The molecule has 0 aliphatic carbocycles. The molecule has 0 atom stereocenters. The number of hydrogen-bond acceptors (Lipinski definition) is 3. The van der Waals surface area contributed by atoms with Gasteiger partial charge in [0.25, 0.3) is 5.91 Å². The molecule has 0 saturated carbocycles. The van der Waals surface area contributed by atoms with Gasteiger partial charge in [-0.15, -0.1) is 0 Å². The lowest BCUT2D eigenvalue weighted by Gasteiger charge is -2.26. The Hall–Kier alpha value is -1.40. The average Bonchev–Trinajstić information content (AvgIpc) is 2.34. The highest BCUT2D eigenvalue weighted by Crippen LogP contribution is 2.18. The van der Waals surface area contributed by atoms with Gasteiger partial charge in [-0.2, -0.15) is 0 Å². The number of amides is 1. The van der Waals surface area contributed by atoms with Gasteiger partial charge < -0.3 is 4.90 Å². The van der Waals surface area contributed by atoms with E-state index in [0.29, 0.717) is 17.7 Å². The Kier molecular flexibility index (Phi) is 5.30. The molecule has 2 N–H and O–H groups in total. The van der Waals surface area contributed by atoms with Crippen LogP contribution in [0.3, 0.4) is 0 Å². The minimum atomic E-state index is -3.82. The van der Waals surface area contributed by atoms with Crippen molar-refractivity contribution in [2.45, 2.75) is 45.1 Å². The molecule has 1 aromatic rings. The molecule has 20 heavy (non-hydrogen) atoms. The van der Waals surface area contributed by atoms with E-state index in [1.54, 1.807) is 24.0 Å². The van der Waals surface area contributed by atoms with Crippen LogP contribution in [-0.2, 0) is 10.0 Å². The molecule has 0 spiro atoms. The molecule has 0 aliphatic rings. The topological polar surface area (TPSA) is 80.5 Å². The molecule has 0 radical (unpaired) electrons. The van der Waals surface area contributed by atoms with Crippen LogP contribution in [-0.4, -0.2) is 31.8 Å². The Morgan fingerprint density at radius 1 is 1.35 bits per heavy atom. The van der Waals surface area contributed by atoms with Crippen LogP contribution in [0.4, 0.5) is 0 Å². The van der Waals surface area contributed by atoms with Gasteiger partial charge in [0.15, 0.2) is 0 Å².